The summed E-state index contributed by atoms with van der Waals surface area (Å²) in [6.07, 6.45) is 0. The summed E-state index contributed by atoms with van der Waals surface area (Å²) in [4.78, 5) is 69.4. The lowest BCUT2D eigenvalue weighted by atomic mass is 10.1. The van der Waals surface area contributed by atoms with Gasteiger partial charge in [0.1, 0.15) is 6.54 Å². The highest BCUT2D eigenvalue weighted by molar-refractivity contribution is 5.72. The van der Waals surface area contributed by atoms with E-state index in [1.165, 1.54) is 29.2 Å². The number of rotatable bonds is 19. The molecule has 1 aromatic carbocycles. The number of nitro groups is 1. The van der Waals surface area contributed by atoms with Crippen molar-refractivity contribution in [3.05, 3.63) is 39.9 Å². The van der Waals surface area contributed by atoms with Crippen molar-refractivity contribution in [3.63, 3.8) is 0 Å². The van der Waals surface area contributed by atoms with E-state index in [4.69, 9.17) is 10.2 Å². The number of carboxylic acids is 5. The Bertz CT molecular complexity index is 966. The topological polar surface area (TPSA) is 236 Å². The van der Waals surface area contributed by atoms with Crippen LogP contribution in [-0.2, 0) is 30.5 Å². The van der Waals surface area contributed by atoms with Crippen molar-refractivity contribution in [1.29, 1.82) is 0 Å². The van der Waals surface area contributed by atoms with E-state index in [0.717, 1.165) is 4.90 Å². The SMILES string of the molecule is O=C(O)CN(CCN(CC(=O)O)CC(=O)O)CC[N+](CC(=O)O)(CC(=O)O)Cc1ccc([N+](=O)[O-])cc1. The summed E-state index contributed by atoms with van der Waals surface area (Å²) in [5.41, 5.74) is 0.213. The number of hydrogen-bond donors (Lipinski definition) is 5. The van der Waals surface area contributed by atoms with Crippen LogP contribution < -0.4 is 0 Å². The maximum atomic E-state index is 11.6. The molecular formula is C21H29N4O12+. The number of nitrogens with zero attached hydrogens (tertiary/aromatic N) is 4. The van der Waals surface area contributed by atoms with E-state index in [2.05, 4.69) is 0 Å². The first kappa shape index (κ1) is 30.9. The van der Waals surface area contributed by atoms with Crippen molar-refractivity contribution in [2.45, 2.75) is 6.54 Å². The summed E-state index contributed by atoms with van der Waals surface area (Å²) < 4.78 is -0.549. The van der Waals surface area contributed by atoms with Crippen molar-refractivity contribution < 1.29 is 58.9 Å². The number of benzene rings is 1. The fraction of sp³-hybridized carbons (Fsp3) is 0.476. The van der Waals surface area contributed by atoms with E-state index in [9.17, 15) is 49.4 Å². The van der Waals surface area contributed by atoms with E-state index in [1.807, 2.05) is 0 Å². The molecule has 5 N–H and O–H groups in total. The first-order chi connectivity index (χ1) is 17.2. The molecule has 16 nitrogen and oxygen atoms in total. The summed E-state index contributed by atoms with van der Waals surface area (Å²) in [5.74, 6) is -6.46. The fourth-order valence-electron chi connectivity index (χ4n) is 3.78. The molecule has 0 radical (unpaired) electrons. The zero-order valence-corrected chi connectivity index (χ0v) is 19.8. The van der Waals surface area contributed by atoms with Gasteiger partial charge < -0.3 is 30.0 Å². The van der Waals surface area contributed by atoms with Gasteiger partial charge in [-0.25, -0.2) is 9.59 Å². The summed E-state index contributed by atoms with van der Waals surface area (Å²) in [5, 5.41) is 57.1. The number of nitro benzene ring substituents is 1. The van der Waals surface area contributed by atoms with Gasteiger partial charge in [-0.1, -0.05) is 0 Å². The molecule has 0 aliphatic heterocycles. The van der Waals surface area contributed by atoms with Gasteiger partial charge in [-0.2, -0.15) is 0 Å². The van der Waals surface area contributed by atoms with Crippen LogP contribution in [0.1, 0.15) is 5.56 Å². The predicted octanol–water partition coefficient (Wildman–Crippen LogP) is -1.06. The van der Waals surface area contributed by atoms with Gasteiger partial charge in [0, 0.05) is 37.3 Å². The quantitative estimate of drug-likeness (QED) is 0.0816. The lowest BCUT2D eigenvalue weighted by Gasteiger charge is -2.37. The molecule has 16 heteroatoms. The van der Waals surface area contributed by atoms with Crippen molar-refractivity contribution in [3.8, 4) is 0 Å². The lowest BCUT2D eigenvalue weighted by molar-refractivity contribution is -0.927. The minimum absolute atomic E-state index is 0.0927. The number of aliphatic carboxylic acids is 5. The molecule has 0 aromatic heterocycles. The molecule has 1 rings (SSSR count). The van der Waals surface area contributed by atoms with Crippen LogP contribution >= 0.6 is 0 Å². The Hall–Kier alpha value is -4.15. The number of carboxylic acid groups (broad SMARTS) is 5. The summed E-state index contributed by atoms with van der Waals surface area (Å²) in [7, 11) is 0. The number of non-ortho nitro benzene ring substituents is 1. The van der Waals surface area contributed by atoms with Gasteiger partial charge in [0.05, 0.1) is 31.1 Å². The average Bonchev–Trinajstić information content (AvgIpc) is 2.73. The predicted molar refractivity (Wildman–Crippen MR) is 123 cm³/mol. The molecule has 0 aliphatic rings. The van der Waals surface area contributed by atoms with Crippen LogP contribution in [0, 0.1) is 10.1 Å². The number of quaternary nitrogens is 1. The number of hydrogen-bond acceptors (Lipinski definition) is 9. The molecule has 0 heterocycles. The summed E-state index contributed by atoms with van der Waals surface area (Å²) in [6.45, 7) is -3.68. The molecule has 0 bridgehead atoms. The Morgan fingerprint density at radius 1 is 0.703 bits per heavy atom. The van der Waals surface area contributed by atoms with Gasteiger partial charge >= 0.3 is 29.8 Å². The smallest absolute Gasteiger partial charge is 0.359 e. The normalized spacial score (nSPS) is 11.4. The molecule has 0 saturated carbocycles. The average molecular weight is 529 g/mol. The van der Waals surface area contributed by atoms with E-state index in [1.54, 1.807) is 0 Å². The molecule has 0 amide bonds. The first-order valence-electron chi connectivity index (χ1n) is 10.8. The standard InChI is InChI=1S/C21H28N4O12/c26-17(27)9-22(5-6-23(10-18(28)29)11-19(30)31)7-8-25(13-20(32)33,14-21(34)35)12-15-1-3-16(4-2-15)24(36)37/h1-4H,5-14H2,(H4-,26,27,28,29,30,31,32,33,34,35)/p+1. The highest BCUT2D eigenvalue weighted by Gasteiger charge is 2.34. The molecule has 0 unspecified atom stereocenters. The third kappa shape index (κ3) is 12.4. The van der Waals surface area contributed by atoms with Crippen LogP contribution in [0.3, 0.4) is 0 Å². The largest absolute Gasteiger partial charge is 0.480 e. The van der Waals surface area contributed by atoms with Crippen LogP contribution in [0.25, 0.3) is 0 Å². The van der Waals surface area contributed by atoms with Gasteiger partial charge in [0.2, 0.25) is 0 Å². The Morgan fingerprint density at radius 2 is 1.14 bits per heavy atom. The van der Waals surface area contributed by atoms with E-state index in [-0.39, 0.29) is 38.4 Å². The minimum Gasteiger partial charge on any atom is -0.480 e. The molecular weight excluding hydrogens is 500 g/mol. The zero-order chi connectivity index (χ0) is 28.2. The van der Waals surface area contributed by atoms with Crippen molar-refractivity contribution >= 4 is 35.5 Å². The molecule has 0 saturated heterocycles. The van der Waals surface area contributed by atoms with Crippen LogP contribution in [0.2, 0.25) is 0 Å². The van der Waals surface area contributed by atoms with Crippen molar-refractivity contribution in [2.75, 3.05) is 58.9 Å². The molecule has 0 atom stereocenters. The highest BCUT2D eigenvalue weighted by Crippen LogP contribution is 2.19. The third-order valence-electron chi connectivity index (χ3n) is 5.31. The zero-order valence-electron chi connectivity index (χ0n) is 19.8. The Balaban J connectivity index is 3.16. The maximum Gasteiger partial charge on any atom is 0.359 e. The maximum absolute atomic E-state index is 11.6. The molecule has 204 valence electrons. The molecule has 0 spiro atoms. The Kier molecular flexibility index (Phi) is 12.0. The van der Waals surface area contributed by atoms with Crippen molar-refractivity contribution in [1.82, 2.24) is 9.80 Å². The summed E-state index contributed by atoms with van der Waals surface area (Å²) in [6, 6.07) is 5.14. The van der Waals surface area contributed by atoms with Gasteiger partial charge in [0.15, 0.2) is 13.1 Å². The highest BCUT2D eigenvalue weighted by atomic mass is 16.6. The second-order valence-corrected chi connectivity index (χ2v) is 8.42. The first-order valence-corrected chi connectivity index (χ1v) is 10.8. The second kappa shape index (κ2) is 14.4. The van der Waals surface area contributed by atoms with E-state index >= 15 is 0 Å². The number of carbonyl (C=O) groups is 5. The van der Waals surface area contributed by atoms with Gasteiger partial charge in [0.25, 0.3) is 5.69 Å². The Morgan fingerprint density at radius 3 is 1.54 bits per heavy atom. The van der Waals surface area contributed by atoms with E-state index < -0.39 is 72.0 Å². The van der Waals surface area contributed by atoms with E-state index in [0.29, 0.717) is 5.56 Å². The van der Waals surface area contributed by atoms with Crippen LogP contribution in [-0.4, -0.2) is 133 Å². The molecule has 0 aliphatic carbocycles. The van der Waals surface area contributed by atoms with Crippen molar-refractivity contribution in [2.24, 2.45) is 0 Å². The van der Waals surface area contributed by atoms with Crippen LogP contribution in [0.5, 0.6) is 0 Å². The fourth-order valence-corrected chi connectivity index (χ4v) is 3.78. The molecule has 1 aromatic rings. The second-order valence-electron chi connectivity index (χ2n) is 8.42. The minimum atomic E-state index is -1.32. The Labute approximate surface area is 210 Å². The van der Waals surface area contributed by atoms with Crippen LogP contribution in [0.15, 0.2) is 24.3 Å². The van der Waals surface area contributed by atoms with Gasteiger partial charge in [-0.3, -0.25) is 34.3 Å². The van der Waals surface area contributed by atoms with Crippen LogP contribution in [0.4, 0.5) is 5.69 Å². The summed E-state index contributed by atoms with van der Waals surface area (Å²) >= 11 is 0. The monoisotopic (exact) mass is 529 g/mol. The molecule has 37 heavy (non-hydrogen) atoms. The van der Waals surface area contributed by atoms with Gasteiger partial charge in [-0.15, -0.1) is 0 Å². The molecule has 0 fully saturated rings. The lowest BCUT2D eigenvalue weighted by Crippen LogP contribution is -2.57. The third-order valence-corrected chi connectivity index (χ3v) is 5.31. The van der Waals surface area contributed by atoms with Gasteiger partial charge in [-0.05, 0) is 12.1 Å².